The smallest absolute Gasteiger partial charge is 0.0701 e. The van der Waals surface area contributed by atoms with Gasteiger partial charge in [0.2, 0.25) is 0 Å². The lowest BCUT2D eigenvalue weighted by molar-refractivity contribution is 0.00771. The van der Waals surface area contributed by atoms with E-state index in [0.29, 0.717) is 32.3 Å². The van der Waals surface area contributed by atoms with Crippen molar-refractivity contribution in [2.45, 2.75) is 111 Å². The topological polar surface area (TPSA) is 27.7 Å². The van der Waals surface area contributed by atoms with E-state index >= 15 is 0 Å². The van der Waals surface area contributed by atoms with E-state index in [1.165, 1.54) is 89.9 Å². The van der Waals surface area contributed by atoms with Gasteiger partial charge in [-0.05, 0) is 12.3 Å². The average Bonchev–Trinajstić information content (AvgIpc) is 2.68. The highest BCUT2D eigenvalue weighted by Gasteiger charge is 1.98. The Balaban J connectivity index is 2.99. The molecule has 3 heteroatoms. The summed E-state index contributed by atoms with van der Waals surface area (Å²) in [5.74, 6) is 0.647. The van der Waals surface area contributed by atoms with Gasteiger partial charge in [0.25, 0.3) is 0 Å². The summed E-state index contributed by atoms with van der Waals surface area (Å²) in [6, 6.07) is 0. The van der Waals surface area contributed by atoms with Crippen molar-refractivity contribution in [2.75, 3.05) is 39.6 Å². The molecule has 0 N–H and O–H groups in total. The molecule has 0 aliphatic heterocycles. The van der Waals surface area contributed by atoms with Crippen LogP contribution in [0.2, 0.25) is 0 Å². The molecule has 0 aromatic heterocycles. The third-order valence-electron chi connectivity index (χ3n) is 5.24. The van der Waals surface area contributed by atoms with E-state index in [-0.39, 0.29) is 0 Å². The molecule has 0 aliphatic rings. The van der Waals surface area contributed by atoms with Gasteiger partial charge in [0.15, 0.2) is 0 Å². The molecular formula is C24H50O3. The molecule has 0 bridgehead atoms. The second kappa shape index (κ2) is 23.9. The maximum atomic E-state index is 5.63. The lowest BCUT2D eigenvalue weighted by atomic mass is 10.0. The number of rotatable bonds is 23. The van der Waals surface area contributed by atoms with Gasteiger partial charge < -0.3 is 14.2 Å². The molecule has 0 amide bonds. The van der Waals surface area contributed by atoms with Crippen molar-refractivity contribution in [3.05, 3.63) is 0 Å². The Morgan fingerprint density at radius 3 is 1.37 bits per heavy atom. The summed E-state index contributed by atoms with van der Waals surface area (Å²) < 4.78 is 16.7. The number of hydrogen-bond donors (Lipinski definition) is 0. The van der Waals surface area contributed by atoms with Crippen molar-refractivity contribution >= 4 is 0 Å². The maximum absolute atomic E-state index is 5.63. The maximum Gasteiger partial charge on any atom is 0.0701 e. The zero-order valence-corrected chi connectivity index (χ0v) is 18.9. The minimum absolute atomic E-state index is 0.647. The van der Waals surface area contributed by atoms with Crippen molar-refractivity contribution in [2.24, 2.45) is 5.92 Å². The number of hydrogen-bond acceptors (Lipinski definition) is 3. The molecule has 1 unspecified atom stereocenters. The summed E-state index contributed by atoms with van der Waals surface area (Å²) >= 11 is 0. The number of ether oxygens (including phenoxy) is 3. The van der Waals surface area contributed by atoms with Gasteiger partial charge in [0, 0.05) is 13.2 Å². The van der Waals surface area contributed by atoms with Gasteiger partial charge in [-0.15, -0.1) is 0 Å². The van der Waals surface area contributed by atoms with Crippen molar-refractivity contribution in [3.8, 4) is 0 Å². The van der Waals surface area contributed by atoms with Gasteiger partial charge in [-0.2, -0.15) is 0 Å². The summed E-state index contributed by atoms with van der Waals surface area (Å²) in [4.78, 5) is 0. The van der Waals surface area contributed by atoms with E-state index in [9.17, 15) is 0 Å². The van der Waals surface area contributed by atoms with Gasteiger partial charge in [-0.3, -0.25) is 0 Å². The van der Waals surface area contributed by atoms with Crippen LogP contribution in [0.1, 0.15) is 111 Å². The molecule has 3 nitrogen and oxygen atoms in total. The van der Waals surface area contributed by atoms with Crippen LogP contribution in [-0.2, 0) is 14.2 Å². The molecule has 0 aromatic rings. The Morgan fingerprint density at radius 2 is 0.889 bits per heavy atom. The first-order chi connectivity index (χ1) is 13.3. The SMILES string of the molecule is CCCCCCCCCCCCCCCOCCOCCOCC(C)CC. The molecule has 0 saturated heterocycles. The Kier molecular flexibility index (Phi) is 23.8. The highest BCUT2D eigenvalue weighted by Crippen LogP contribution is 2.12. The zero-order chi connectivity index (χ0) is 19.8. The van der Waals surface area contributed by atoms with Crippen LogP contribution in [-0.4, -0.2) is 39.6 Å². The van der Waals surface area contributed by atoms with E-state index in [2.05, 4.69) is 20.8 Å². The van der Waals surface area contributed by atoms with Crippen molar-refractivity contribution < 1.29 is 14.2 Å². The minimum atomic E-state index is 0.647. The zero-order valence-electron chi connectivity index (χ0n) is 18.9. The van der Waals surface area contributed by atoms with Gasteiger partial charge in [0.1, 0.15) is 0 Å². The molecule has 0 aliphatic carbocycles. The van der Waals surface area contributed by atoms with Crippen LogP contribution in [0, 0.1) is 5.92 Å². The normalized spacial score (nSPS) is 12.6. The summed E-state index contributed by atoms with van der Waals surface area (Å²) in [5, 5.41) is 0. The Labute approximate surface area is 170 Å². The van der Waals surface area contributed by atoms with Crippen LogP contribution < -0.4 is 0 Å². The Hall–Kier alpha value is -0.120. The number of unbranched alkanes of at least 4 members (excludes halogenated alkanes) is 12. The largest absolute Gasteiger partial charge is 0.379 e. The third-order valence-corrected chi connectivity index (χ3v) is 5.24. The fraction of sp³-hybridized carbons (Fsp3) is 1.00. The van der Waals surface area contributed by atoms with Crippen LogP contribution in [0.25, 0.3) is 0 Å². The lowest BCUT2D eigenvalue weighted by Gasteiger charge is -2.10. The van der Waals surface area contributed by atoms with E-state index in [0.717, 1.165) is 13.2 Å². The van der Waals surface area contributed by atoms with Crippen molar-refractivity contribution in [3.63, 3.8) is 0 Å². The van der Waals surface area contributed by atoms with Gasteiger partial charge in [0.05, 0.1) is 26.4 Å². The van der Waals surface area contributed by atoms with Crippen LogP contribution >= 0.6 is 0 Å². The van der Waals surface area contributed by atoms with Crippen LogP contribution in [0.15, 0.2) is 0 Å². The first-order valence-electron chi connectivity index (χ1n) is 12.0. The first kappa shape index (κ1) is 26.9. The molecule has 1 atom stereocenters. The molecular weight excluding hydrogens is 336 g/mol. The second-order valence-corrected chi connectivity index (χ2v) is 8.06. The fourth-order valence-corrected chi connectivity index (χ4v) is 3.06. The van der Waals surface area contributed by atoms with Crippen molar-refractivity contribution in [1.82, 2.24) is 0 Å². The van der Waals surface area contributed by atoms with Gasteiger partial charge in [-0.25, -0.2) is 0 Å². The van der Waals surface area contributed by atoms with E-state index in [1.807, 2.05) is 0 Å². The van der Waals surface area contributed by atoms with Crippen LogP contribution in [0.3, 0.4) is 0 Å². The molecule has 27 heavy (non-hydrogen) atoms. The van der Waals surface area contributed by atoms with Crippen LogP contribution in [0.5, 0.6) is 0 Å². The molecule has 0 fully saturated rings. The summed E-state index contributed by atoms with van der Waals surface area (Å²) in [7, 11) is 0. The van der Waals surface area contributed by atoms with Crippen LogP contribution in [0.4, 0.5) is 0 Å². The van der Waals surface area contributed by atoms with E-state index < -0.39 is 0 Å². The summed E-state index contributed by atoms with van der Waals surface area (Å²) in [5.41, 5.74) is 0. The quantitative estimate of drug-likeness (QED) is 0.174. The molecule has 0 radical (unpaired) electrons. The third kappa shape index (κ3) is 23.8. The summed E-state index contributed by atoms with van der Waals surface area (Å²) in [6.45, 7) is 11.2. The predicted octanol–water partition coefficient (Wildman–Crippen LogP) is 7.17. The Bertz CT molecular complexity index is 258. The monoisotopic (exact) mass is 386 g/mol. The predicted molar refractivity (Wildman–Crippen MR) is 118 cm³/mol. The fourth-order valence-electron chi connectivity index (χ4n) is 3.06. The molecule has 0 heterocycles. The van der Waals surface area contributed by atoms with Gasteiger partial charge >= 0.3 is 0 Å². The lowest BCUT2D eigenvalue weighted by Crippen LogP contribution is -2.12. The minimum Gasteiger partial charge on any atom is -0.379 e. The van der Waals surface area contributed by atoms with E-state index in [1.54, 1.807) is 0 Å². The standard InChI is InChI=1S/C24H50O3/c1-4-6-7-8-9-10-11-12-13-14-15-16-17-18-25-19-20-26-21-22-27-23-24(3)5-2/h24H,4-23H2,1-3H3. The molecule has 0 rings (SSSR count). The average molecular weight is 387 g/mol. The second-order valence-electron chi connectivity index (χ2n) is 8.06. The first-order valence-corrected chi connectivity index (χ1v) is 12.0. The molecule has 0 aromatic carbocycles. The highest BCUT2D eigenvalue weighted by atomic mass is 16.5. The summed E-state index contributed by atoms with van der Waals surface area (Å²) in [6.07, 6.45) is 19.3. The highest BCUT2D eigenvalue weighted by molar-refractivity contribution is 4.49. The molecule has 0 saturated carbocycles. The molecule has 0 spiro atoms. The van der Waals surface area contributed by atoms with Gasteiger partial charge in [-0.1, -0.05) is 104 Å². The Morgan fingerprint density at radius 1 is 0.481 bits per heavy atom. The van der Waals surface area contributed by atoms with E-state index in [4.69, 9.17) is 14.2 Å². The van der Waals surface area contributed by atoms with Crippen molar-refractivity contribution in [1.29, 1.82) is 0 Å². The molecule has 164 valence electrons.